The molecule has 194 valence electrons. The van der Waals surface area contributed by atoms with Crippen LogP contribution in [-0.4, -0.2) is 30.5 Å². The van der Waals surface area contributed by atoms with Gasteiger partial charge in [0.05, 0.1) is 17.8 Å². The Bertz CT molecular complexity index is 1150. The summed E-state index contributed by atoms with van der Waals surface area (Å²) in [5, 5.41) is 10.1. The van der Waals surface area contributed by atoms with Crippen molar-refractivity contribution in [3.8, 4) is 23.0 Å². The molecule has 0 saturated heterocycles. The molecule has 0 amide bonds. The van der Waals surface area contributed by atoms with E-state index in [0.29, 0.717) is 11.1 Å². The quantitative estimate of drug-likeness (QED) is 0.246. The standard InChI is InChI=1S/C23H17F8NO4/c24-21(25)35-18-8-3-7-17(12-18)34-16-6-2-5-15(11-16)32(13-20(33)23(29,30)31)36-19-9-1-4-14(10-19)22(26,27)28/h1-12,20-21,33H,13H2/t20-/m0/s1. The van der Waals surface area contributed by atoms with Crippen molar-refractivity contribution in [3.63, 3.8) is 0 Å². The normalized spacial score (nSPS) is 12.8. The molecule has 1 atom stereocenters. The predicted octanol–water partition coefficient (Wildman–Crippen LogP) is 6.82. The van der Waals surface area contributed by atoms with Crippen LogP contribution in [0.2, 0.25) is 0 Å². The molecule has 5 nitrogen and oxygen atoms in total. The molecule has 13 heteroatoms. The van der Waals surface area contributed by atoms with Gasteiger partial charge in [0.2, 0.25) is 0 Å². The Morgan fingerprint density at radius 1 is 0.750 bits per heavy atom. The van der Waals surface area contributed by atoms with Gasteiger partial charge >= 0.3 is 19.0 Å². The molecule has 3 rings (SSSR count). The van der Waals surface area contributed by atoms with Gasteiger partial charge in [-0.25, -0.2) is 5.06 Å². The van der Waals surface area contributed by atoms with Crippen molar-refractivity contribution in [2.24, 2.45) is 0 Å². The minimum atomic E-state index is -5.05. The number of aliphatic hydroxyl groups excluding tert-OH is 1. The zero-order valence-electron chi connectivity index (χ0n) is 17.9. The summed E-state index contributed by atoms with van der Waals surface area (Å²) in [5.74, 6) is -0.587. The van der Waals surface area contributed by atoms with Crippen LogP contribution in [-0.2, 0) is 6.18 Å². The van der Waals surface area contributed by atoms with Gasteiger partial charge in [-0.15, -0.1) is 0 Å². The van der Waals surface area contributed by atoms with Gasteiger partial charge in [-0.05, 0) is 42.5 Å². The Labute approximate surface area is 199 Å². The van der Waals surface area contributed by atoms with E-state index in [9.17, 15) is 40.2 Å². The Balaban J connectivity index is 1.89. The zero-order chi connectivity index (χ0) is 26.5. The van der Waals surface area contributed by atoms with Crippen molar-refractivity contribution in [2.45, 2.75) is 25.1 Å². The summed E-state index contributed by atoms with van der Waals surface area (Å²) in [5.41, 5.74) is -1.22. The van der Waals surface area contributed by atoms with Crippen LogP contribution >= 0.6 is 0 Å². The third kappa shape index (κ3) is 7.63. The van der Waals surface area contributed by atoms with Crippen LogP contribution in [0.3, 0.4) is 0 Å². The van der Waals surface area contributed by atoms with Crippen LogP contribution in [0.15, 0.2) is 72.8 Å². The molecule has 0 aliphatic carbocycles. The highest BCUT2D eigenvalue weighted by molar-refractivity contribution is 5.51. The van der Waals surface area contributed by atoms with Crippen molar-refractivity contribution in [2.75, 3.05) is 11.6 Å². The molecule has 0 fully saturated rings. The lowest BCUT2D eigenvalue weighted by Gasteiger charge is -2.28. The van der Waals surface area contributed by atoms with E-state index in [4.69, 9.17) is 9.57 Å². The smallest absolute Gasteiger partial charge is 0.416 e. The topological polar surface area (TPSA) is 51.2 Å². The Morgan fingerprint density at radius 3 is 1.97 bits per heavy atom. The van der Waals surface area contributed by atoms with Crippen LogP contribution in [0.25, 0.3) is 0 Å². The van der Waals surface area contributed by atoms with Crippen LogP contribution in [0.1, 0.15) is 5.56 Å². The van der Waals surface area contributed by atoms with Crippen molar-refractivity contribution in [1.82, 2.24) is 0 Å². The fourth-order valence-electron chi connectivity index (χ4n) is 2.86. The summed E-state index contributed by atoms with van der Waals surface area (Å²) in [6.45, 7) is -4.27. The van der Waals surface area contributed by atoms with Gasteiger partial charge in [-0.1, -0.05) is 18.2 Å². The molecule has 3 aromatic rings. The Morgan fingerprint density at radius 2 is 1.33 bits per heavy atom. The monoisotopic (exact) mass is 523 g/mol. The number of aliphatic hydroxyl groups is 1. The first-order chi connectivity index (χ1) is 16.8. The maximum atomic E-state index is 13.0. The number of alkyl halides is 8. The summed E-state index contributed by atoms with van der Waals surface area (Å²) >= 11 is 0. The molecule has 0 aromatic heterocycles. The molecule has 3 aromatic carbocycles. The summed E-state index contributed by atoms with van der Waals surface area (Å²) in [4.78, 5) is 5.28. The van der Waals surface area contributed by atoms with Crippen LogP contribution in [0.4, 0.5) is 40.8 Å². The van der Waals surface area contributed by atoms with Gasteiger partial charge in [0, 0.05) is 12.1 Å². The number of anilines is 1. The molecule has 1 N–H and O–H groups in total. The number of halogens is 8. The fourth-order valence-corrected chi connectivity index (χ4v) is 2.86. The SMILES string of the molecule is O[C@@H](CN(Oc1cccc(C(F)(F)F)c1)c1cccc(Oc2cccc(OC(F)F)c2)c1)C(F)(F)F. The Kier molecular flexibility index (Phi) is 8.13. The van der Waals surface area contributed by atoms with Crippen molar-refractivity contribution >= 4 is 5.69 Å². The summed E-state index contributed by atoms with van der Waals surface area (Å²) in [6.07, 6.45) is -12.7. The van der Waals surface area contributed by atoms with Crippen molar-refractivity contribution in [1.29, 1.82) is 0 Å². The molecule has 0 aliphatic heterocycles. The van der Waals surface area contributed by atoms with Crippen molar-refractivity contribution < 1.29 is 54.5 Å². The van der Waals surface area contributed by atoms with Crippen molar-refractivity contribution in [3.05, 3.63) is 78.4 Å². The predicted molar refractivity (Wildman–Crippen MR) is 111 cm³/mol. The van der Waals surface area contributed by atoms with E-state index in [2.05, 4.69) is 4.74 Å². The molecule has 0 unspecified atom stereocenters. The van der Waals surface area contributed by atoms with Gasteiger partial charge < -0.3 is 19.4 Å². The fraction of sp³-hybridized carbons (Fsp3) is 0.217. The molecular formula is C23H17F8NO4. The zero-order valence-corrected chi connectivity index (χ0v) is 17.9. The van der Waals surface area contributed by atoms with Gasteiger partial charge in [-0.3, -0.25) is 0 Å². The molecule has 0 aliphatic rings. The minimum absolute atomic E-state index is 0.0147. The van der Waals surface area contributed by atoms with Gasteiger partial charge in [0.15, 0.2) is 11.9 Å². The average Bonchev–Trinajstić information content (AvgIpc) is 2.77. The van der Waals surface area contributed by atoms with Gasteiger partial charge in [0.25, 0.3) is 0 Å². The molecule has 0 heterocycles. The number of hydroxylamine groups is 1. The highest BCUT2D eigenvalue weighted by Crippen LogP contribution is 2.33. The van der Waals surface area contributed by atoms with E-state index in [1.165, 1.54) is 42.5 Å². The van der Waals surface area contributed by atoms with E-state index >= 15 is 0 Å². The molecular weight excluding hydrogens is 506 g/mol. The number of ether oxygens (including phenoxy) is 2. The lowest BCUT2D eigenvalue weighted by molar-refractivity contribution is -0.202. The van der Waals surface area contributed by atoms with Gasteiger partial charge in [0.1, 0.15) is 17.2 Å². The highest BCUT2D eigenvalue weighted by atomic mass is 19.4. The lowest BCUT2D eigenvalue weighted by atomic mass is 10.2. The highest BCUT2D eigenvalue weighted by Gasteiger charge is 2.40. The molecule has 0 saturated carbocycles. The molecule has 0 bridgehead atoms. The van der Waals surface area contributed by atoms with E-state index < -0.39 is 42.9 Å². The number of rotatable bonds is 9. The van der Waals surface area contributed by atoms with E-state index in [1.807, 2.05) is 0 Å². The van der Waals surface area contributed by atoms with E-state index in [0.717, 1.165) is 24.3 Å². The van der Waals surface area contributed by atoms with E-state index in [-0.39, 0.29) is 22.9 Å². The average molecular weight is 523 g/mol. The summed E-state index contributed by atoms with van der Waals surface area (Å²) in [7, 11) is 0. The van der Waals surface area contributed by atoms with Gasteiger partial charge in [-0.2, -0.15) is 35.1 Å². The third-order valence-corrected chi connectivity index (χ3v) is 4.47. The maximum absolute atomic E-state index is 13.0. The van der Waals surface area contributed by atoms with Crippen LogP contribution < -0.4 is 19.4 Å². The van der Waals surface area contributed by atoms with Crippen LogP contribution in [0.5, 0.6) is 23.0 Å². The first-order valence-electron chi connectivity index (χ1n) is 10.0. The maximum Gasteiger partial charge on any atom is 0.416 e. The second-order valence-electron chi connectivity index (χ2n) is 7.19. The lowest BCUT2D eigenvalue weighted by Crippen LogP contribution is -2.42. The summed E-state index contributed by atoms with van der Waals surface area (Å²) in [6, 6.07) is 13.7. The number of nitrogens with zero attached hydrogens (tertiary/aromatic N) is 1. The Hall–Kier alpha value is -3.74. The first kappa shape index (κ1) is 26.9. The second-order valence-corrected chi connectivity index (χ2v) is 7.19. The third-order valence-electron chi connectivity index (χ3n) is 4.47. The molecule has 0 radical (unpaired) electrons. The van der Waals surface area contributed by atoms with E-state index in [1.54, 1.807) is 0 Å². The number of benzene rings is 3. The number of hydrogen-bond donors (Lipinski definition) is 1. The first-order valence-corrected chi connectivity index (χ1v) is 10.0. The minimum Gasteiger partial charge on any atom is -0.457 e. The molecule has 0 spiro atoms. The number of hydrogen-bond acceptors (Lipinski definition) is 5. The van der Waals surface area contributed by atoms with Crippen LogP contribution in [0, 0.1) is 0 Å². The largest absolute Gasteiger partial charge is 0.457 e. The second kappa shape index (κ2) is 10.9. The summed E-state index contributed by atoms with van der Waals surface area (Å²) < 4.78 is 113. The molecule has 36 heavy (non-hydrogen) atoms.